The molecule has 0 radical (unpaired) electrons. The molecule has 2 aromatic rings. The monoisotopic (exact) mass is 526 g/mol. The van der Waals surface area contributed by atoms with E-state index in [4.69, 9.17) is 15.6 Å². The molecular formula is C28H42N6O4. The fourth-order valence-corrected chi connectivity index (χ4v) is 4.59. The Kier molecular flexibility index (Phi) is 11.8. The minimum absolute atomic E-state index is 0.0161. The summed E-state index contributed by atoms with van der Waals surface area (Å²) < 4.78 is 5.43. The maximum absolute atomic E-state index is 13.4. The number of amides is 1. The zero-order valence-electron chi connectivity index (χ0n) is 22.7. The molecule has 4 N–H and O–H groups in total. The van der Waals surface area contributed by atoms with E-state index in [9.17, 15) is 9.59 Å². The molecule has 0 bridgehead atoms. The molecule has 1 aromatic carbocycles. The van der Waals surface area contributed by atoms with Crippen molar-refractivity contribution >= 4 is 23.6 Å². The number of nitrogens with zero attached hydrogens (tertiary/aromatic N) is 4. The molecule has 1 saturated heterocycles. The number of carboxylic acids is 1. The zero-order chi connectivity index (χ0) is 27.3. The standard InChI is InChI=1S/C28H42N6O4/c1-3-4-5-12-30-27-24(21(2)31-28(29)32-27)7-6-13-34(25(35)20-33-14-16-38-17-15-33)19-23-10-8-22(9-11-23)18-26(36)37/h8-11H,3-7,12-20H2,1-2H3,(H,36,37)(H3,29,30,31,32). The Labute approximate surface area is 225 Å². The van der Waals surface area contributed by atoms with Crippen LogP contribution in [0.1, 0.15) is 55.0 Å². The summed E-state index contributed by atoms with van der Waals surface area (Å²) in [5, 5.41) is 12.5. The highest BCUT2D eigenvalue weighted by Crippen LogP contribution is 2.20. The summed E-state index contributed by atoms with van der Waals surface area (Å²) in [6.07, 6.45) is 4.83. The van der Waals surface area contributed by atoms with Crippen LogP contribution in [0.15, 0.2) is 24.3 Å². The predicted molar refractivity (Wildman–Crippen MR) is 148 cm³/mol. The van der Waals surface area contributed by atoms with Crippen molar-refractivity contribution < 1.29 is 19.4 Å². The molecule has 10 heteroatoms. The van der Waals surface area contributed by atoms with Gasteiger partial charge in [-0.3, -0.25) is 14.5 Å². The lowest BCUT2D eigenvalue weighted by molar-refractivity contribution is -0.136. The topological polar surface area (TPSA) is 134 Å². The summed E-state index contributed by atoms with van der Waals surface area (Å²) >= 11 is 0. The first-order valence-electron chi connectivity index (χ1n) is 13.6. The van der Waals surface area contributed by atoms with Crippen molar-refractivity contribution in [2.24, 2.45) is 0 Å². The number of carbonyl (C=O) groups is 2. The molecule has 0 unspecified atom stereocenters. The first-order chi connectivity index (χ1) is 18.4. The van der Waals surface area contributed by atoms with Crippen molar-refractivity contribution in [1.29, 1.82) is 0 Å². The number of ether oxygens (including phenoxy) is 1. The number of nitrogen functional groups attached to an aromatic ring is 1. The van der Waals surface area contributed by atoms with Gasteiger partial charge in [-0.25, -0.2) is 4.98 Å². The van der Waals surface area contributed by atoms with Crippen LogP contribution in [0.3, 0.4) is 0 Å². The summed E-state index contributed by atoms with van der Waals surface area (Å²) in [7, 11) is 0. The number of aromatic nitrogens is 2. The fourth-order valence-electron chi connectivity index (χ4n) is 4.59. The molecule has 0 saturated carbocycles. The van der Waals surface area contributed by atoms with Gasteiger partial charge in [0, 0.05) is 44.0 Å². The van der Waals surface area contributed by atoms with E-state index in [0.717, 1.165) is 79.9 Å². The summed E-state index contributed by atoms with van der Waals surface area (Å²) in [6, 6.07) is 7.45. The van der Waals surface area contributed by atoms with Gasteiger partial charge in [0.05, 0.1) is 26.2 Å². The average Bonchev–Trinajstić information content (AvgIpc) is 2.88. The molecule has 208 valence electrons. The van der Waals surface area contributed by atoms with Gasteiger partial charge in [-0.05, 0) is 37.3 Å². The lowest BCUT2D eigenvalue weighted by Gasteiger charge is -2.30. The Bertz CT molecular complexity index is 1040. The molecule has 1 amide bonds. The molecule has 0 spiro atoms. The maximum atomic E-state index is 13.4. The molecule has 10 nitrogen and oxygen atoms in total. The van der Waals surface area contributed by atoms with Crippen LogP contribution in [0.2, 0.25) is 0 Å². The molecule has 38 heavy (non-hydrogen) atoms. The van der Waals surface area contributed by atoms with Crippen LogP contribution in [-0.4, -0.2) is 82.7 Å². The van der Waals surface area contributed by atoms with E-state index in [1.165, 1.54) is 0 Å². The number of hydrogen-bond acceptors (Lipinski definition) is 8. The minimum atomic E-state index is -0.860. The van der Waals surface area contributed by atoms with Gasteiger partial charge < -0.3 is 25.8 Å². The van der Waals surface area contributed by atoms with Gasteiger partial charge in [0.25, 0.3) is 0 Å². The highest BCUT2D eigenvalue weighted by atomic mass is 16.5. The predicted octanol–water partition coefficient (Wildman–Crippen LogP) is 2.89. The zero-order valence-corrected chi connectivity index (χ0v) is 22.7. The van der Waals surface area contributed by atoms with Crippen molar-refractivity contribution in [2.75, 3.05) is 57.0 Å². The van der Waals surface area contributed by atoms with Crippen molar-refractivity contribution in [2.45, 2.75) is 58.9 Å². The molecule has 0 aliphatic carbocycles. The number of hydrogen-bond donors (Lipinski definition) is 3. The van der Waals surface area contributed by atoms with E-state index in [0.29, 0.717) is 32.8 Å². The first kappa shape index (κ1) is 29.3. The second-order valence-electron chi connectivity index (χ2n) is 9.82. The number of nitrogens with two attached hydrogens (primary N) is 1. The number of morpholine rings is 1. The number of carbonyl (C=O) groups excluding carboxylic acids is 1. The van der Waals surface area contributed by atoms with Gasteiger partial charge in [0.1, 0.15) is 5.82 Å². The smallest absolute Gasteiger partial charge is 0.307 e. The third-order valence-electron chi connectivity index (χ3n) is 6.73. The number of aliphatic carboxylic acids is 1. The molecule has 1 fully saturated rings. The van der Waals surface area contributed by atoms with E-state index in [1.807, 2.05) is 36.1 Å². The van der Waals surface area contributed by atoms with E-state index in [2.05, 4.69) is 27.1 Å². The molecular weight excluding hydrogens is 484 g/mol. The van der Waals surface area contributed by atoms with Gasteiger partial charge >= 0.3 is 5.97 Å². The second-order valence-corrected chi connectivity index (χ2v) is 9.82. The van der Waals surface area contributed by atoms with Gasteiger partial charge in [-0.2, -0.15) is 4.98 Å². The Morgan fingerprint density at radius 3 is 2.50 bits per heavy atom. The van der Waals surface area contributed by atoms with Crippen LogP contribution >= 0.6 is 0 Å². The molecule has 1 aliphatic rings. The Balaban J connectivity index is 1.67. The van der Waals surface area contributed by atoms with Crippen LogP contribution < -0.4 is 11.1 Å². The van der Waals surface area contributed by atoms with Crippen molar-refractivity contribution in [3.8, 4) is 0 Å². The number of unbranched alkanes of at least 4 members (excludes halogenated alkanes) is 2. The Hall–Kier alpha value is -3.24. The third-order valence-corrected chi connectivity index (χ3v) is 6.73. The molecule has 0 atom stereocenters. The van der Waals surface area contributed by atoms with Gasteiger partial charge in [0.2, 0.25) is 11.9 Å². The highest BCUT2D eigenvalue weighted by Gasteiger charge is 2.20. The Morgan fingerprint density at radius 1 is 1.11 bits per heavy atom. The number of carboxylic acid groups (broad SMARTS) is 1. The van der Waals surface area contributed by atoms with Crippen molar-refractivity contribution in [3.63, 3.8) is 0 Å². The van der Waals surface area contributed by atoms with Crippen molar-refractivity contribution in [1.82, 2.24) is 19.8 Å². The lowest BCUT2D eigenvalue weighted by atomic mass is 10.1. The number of anilines is 2. The SMILES string of the molecule is CCCCCNc1nc(N)nc(C)c1CCCN(Cc1ccc(CC(=O)O)cc1)C(=O)CN1CCOCC1. The van der Waals surface area contributed by atoms with Gasteiger partial charge in [0.15, 0.2) is 0 Å². The summed E-state index contributed by atoms with van der Waals surface area (Å²) in [5.74, 6) is 0.259. The molecule has 1 aliphatic heterocycles. The normalized spacial score (nSPS) is 13.8. The van der Waals surface area contributed by atoms with Crippen LogP contribution in [-0.2, 0) is 33.7 Å². The van der Waals surface area contributed by atoms with Gasteiger partial charge in [-0.1, -0.05) is 44.0 Å². The van der Waals surface area contributed by atoms with Crippen molar-refractivity contribution in [3.05, 3.63) is 46.6 Å². The van der Waals surface area contributed by atoms with E-state index < -0.39 is 5.97 Å². The van der Waals surface area contributed by atoms with Crippen LogP contribution in [0, 0.1) is 6.92 Å². The fraction of sp³-hybridized carbons (Fsp3) is 0.571. The Morgan fingerprint density at radius 2 is 1.82 bits per heavy atom. The number of rotatable bonds is 15. The molecule has 3 rings (SSSR count). The van der Waals surface area contributed by atoms with Crippen LogP contribution in [0.25, 0.3) is 0 Å². The van der Waals surface area contributed by atoms with Gasteiger partial charge in [-0.15, -0.1) is 0 Å². The number of aryl methyl sites for hydroxylation is 1. The summed E-state index contributed by atoms with van der Waals surface area (Å²) in [5.41, 5.74) is 9.53. The van der Waals surface area contributed by atoms with E-state index in [1.54, 1.807) is 0 Å². The largest absolute Gasteiger partial charge is 0.481 e. The second kappa shape index (κ2) is 15.2. The summed E-state index contributed by atoms with van der Waals surface area (Å²) in [4.78, 5) is 37.2. The van der Waals surface area contributed by atoms with E-state index in [-0.39, 0.29) is 18.3 Å². The maximum Gasteiger partial charge on any atom is 0.307 e. The highest BCUT2D eigenvalue weighted by molar-refractivity contribution is 5.78. The number of nitrogens with one attached hydrogen (secondary N) is 1. The quantitative estimate of drug-likeness (QED) is 0.300. The number of benzene rings is 1. The lowest BCUT2D eigenvalue weighted by Crippen LogP contribution is -2.44. The summed E-state index contributed by atoms with van der Waals surface area (Å²) in [6.45, 7) is 9.14. The minimum Gasteiger partial charge on any atom is -0.481 e. The third kappa shape index (κ3) is 9.57. The van der Waals surface area contributed by atoms with Crippen LogP contribution in [0.5, 0.6) is 0 Å². The first-order valence-corrected chi connectivity index (χ1v) is 13.6. The van der Waals surface area contributed by atoms with E-state index >= 15 is 0 Å². The molecule has 1 aromatic heterocycles. The average molecular weight is 527 g/mol. The molecule has 2 heterocycles. The van der Waals surface area contributed by atoms with Crippen LogP contribution in [0.4, 0.5) is 11.8 Å².